The van der Waals surface area contributed by atoms with Gasteiger partial charge in [-0.25, -0.2) is 9.37 Å². The Labute approximate surface area is 127 Å². The molecule has 0 aliphatic rings. The molecule has 0 amide bonds. The summed E-state index contributed by atoms with van der Waals surface area (Å²) in [5.74, 6) is 0.441. The Balaban J connectivity index is 1.90. The van der Waals surface area contributed by atoms with E-state index in [1.165, 1.54) is 6.07 Å². The number of hydrogen-bond donors (Lipinski definition) is 1. The van der Waals surface area contributed by atoms with Gasteiger partial charge in [-0.1, -0.05) is 29.8 Å². The fraction of sp³-hybridized carbons (Fsp3) is 0.188. The SMILES string of the molecule is CCn1c(CNc2cccc(Cl)c2F)nc2ccccc21. The molecule has 3 rings (SSSR count). The third-order valence-electron chi connectivity index (χ3n) is 3.44. The van der Waals surface area contributed by atoms with Gasteiger partial charge in [0.2, 0.25) is 0 Å². The van der Waals surface area contributed by atoms with E-state index in [4.69, 9.17) is 11.6 Å². The van der Waals surface area contributed by atoms with E-state index in [-0.39, 0.29) is 5.02 Å². The molecule has 1 aromatic heterocycles. The van der Waals surface area contributed by atoms with Crippen molar-refractivity contribution in [3.8, 4) is 0 Å². The van der Waals surface area contributed by atoms with Crippen LogP contribution < -0.4 is 5.32 Å². The van der Waals surface area contributed by atoms with Crippen LogP contribution in [0.15, 0.2) is 42.5 Å². The van der Waals surface area contributed by atoms with Gasteiger partial charge in [-0.15, -0.1) is 0 Å². The molecule has 0 saturated heterocycles. The molecule has 5 heteroatoms. The number of rotatable bonds is 4. The molecule has 0 radical (unpaired) electrons. The highest BCUT2D eigenvalue weighted by molar-refractivity contribution is 6.31. The van der Waals surface area contributed by atoms with Crippen LogP contribution in [0.1, 0.15) is 12.7 Å². The quantitative estimate of drug-likeness (QED) is 0.771. The molecular weight excluding hydrogens is 289 g/mol. The minimum atomic E-state index is -0.432. The number of imidazole rings is 1. The Hall–Kier alpha value is -2.07. The lowest BCUT2D eigenvalue weighted by molar-refractivity contribution is 0.629. The highest BCUT2D eigenvalue weighted by Crippen LogP contribution is 2.23. The molecule has 0 spiro atoms. The monoisotopic (exact) mass is 303 g/mol. The molecule has 0 saturated carbocycles. The Bertz CT molecular complexity index is 782. The minimum Gasteiger partial charge on any atom is -0.375 e. The van der Waals surface area contributed by atoms with E-state index in [1.54, 1.807) is 12.1 Å². The van der Waals surface area contributed by atoms with Gasteiger partial charge in [0, 0.05) is 6.54 Å². The Morgan fingerprint density at radius 1 is 1.19 bits per heavy atom. The predicted molar refractivity (Wildman–Crippen MR) is 84.1 cm³/mol. The molecule has 0 fully saturated rings. The molecule has 0 atom stereocenters. The van der Waals surface area contributed by atoms with Gasteiger partial charge < -0.3 is 9.88 Å². The van der Waals surface area contributed by atoms with E-state index in [0.29, 0.717) is 12.2 Å². The number of fused-ring (bicyclic) bond motifs is 1. The number of halogens is 2. The van der Waals surface area contributed by atoms with Gasteiger partial charge in [-0.3, -0.25) is 0 Å². The summed E-state index contributed by atoms with van der Waals surface area (Å²) >= 11 is 5.78. The maximum atomic E-state index is 13.9. The Kier molecular flexibility index (Phi) is 3.80. The second-order valence-corrected chi connectivity index (χ2v) is 5.12. The van der Waals surface area contributed by atoms with Crippen LogP contribution in [0.4, 0.5) is 10.1 Å². The van der Waals surface area contributed by atoms with Crippen molar-refractivity contribution in [1.29, 1.82) is 0 Å². The maximum absolute atomic E-state index is 13.9. The summed E-state index contributed by atoms with van der Waals surface area (Å²) < 4.78 is 16.0. The summed E-state index contributed by atoms with van der Waals surface area (Å²) in [6.45, 7) is 3.33. The second-order valence-electron chi connectivity index (χ2n) is 4.72. The van der Waals surface area contributed by atoms with Crippen LogP contribution in [-0.2, 0) is 13.1 Å². The van der Waals surface area contributed by atoms with E-state index in [9.17, 15) is 4.39 Å². The van der Waals surface area contributed by atoms with Crippen molar-refractivity contribution >= 4 is 28.3 Å². The van der Waals surface area contributed by atoms with E-state index in [0.717, 1.165) is 23.4 Å². The zero-order valence-electron chi connectivity index (χ0n) is 11.6. The highest BCUT2D eigenvalue weighted by Gasteiger charge is 2.10. The summed E-state index contributed by atoms with van der Waals surface area (Å²) in [5, 5.41) is 3.18. The molecule has 21 heavy (non-hydrogen) atoms. The summed E-state index contributed by atoms with van der Waals surface area (Å²) in [5.41, 5.74) is 2.42. The first kappa shape index (κ1) is 13.9. The number of nitrogens with one attached hydrogen (secondary N) is 1. The van der Waals surface area contributed by atoms with Crippen LogP contribution in [0.25, 0.3) is 11.0 Å². The summed E-state index contributed by atoms with van der Waals surface area (Å²) in [6, 6.07) is 12.9. The Morgan fingerprint density at radius 3 is 2.81 bits per heavy atom. The second kappa shape index (κ2) is 5.74. The molecule has 0 unspecified atom stereocenters. The normalized spacial score (nSPS) is 11.0. The first-order chi connectivity index (χ1) is 10.2. The third kappa shape index (κ3) is 2.59. The zero-order chi connectivity index (χ0) is 14.8. The van der Waals surface area contributed by atoms with Gasteiger partial charge in [0.05, 0.1) is 28.3 Å². The van der Waals surface area contributed by atoms with Gasteiger partial charge in [0.1, 0.15) is 5.82 Å². The number of hydrogen-bond acceptors (Lipinski definition) is 2. The molecule has 1 N–H and O–H groups in total. The molecule has 1 heterocycles. The van der Waals surface area contributed by atoms with Gasteiger partial charge in [0.25, 0.3) is 0 Å². The smallest absolute Gasteiger partial charge is 0.164 e. The fourth-order valence-electron chi connectivity index (χ4n) is 2.43. The predicted octanol–water partition coefficient (Wildman–Crippen LogP) is 4.46. The van der Waals surface area contributed by atoms with E-state index in [2.05, 4.69) is 21.8 Å². The van der Waals surface area contributed by atoms with Crippen LogP contribution in [0.2, 0.25) is 5.02 Å². The van der Waals surface area contributed by atoms with Crippen molar-refractivity contribution in [3.05, 3.63) is 59.1 Å². The van der Waals surface area contributed by atoms with E-state index < -0.39 is 5.82 Å². The fourth-order valence-corrected chi connectivity index (χ4v) is 2.60. The lowest BCUT2D eigenvalue weighted by atomic mass is 10.3. The number of aryl methyl sites for hydroxylation is 1. The van der Waals surface area contributed by atoms with Crippen molar-refractivity contribution in [2.24, 2.45) is 0 Å². The molecular formula is C16H15ClFN3. The highest BCUT2D eigenvalue weighted by atomic mass is 35.5. The van der Waals surface area contributed by atoms with Crippen molar-refractivity contribution in [3.63, 3.8) is 0 Å². The van der Waals surface area contributed by atoms with Gasteiger partial charge in [-0.2, -0.15) is 0 Å². The van der Waals surface area contributed by atoms with Crippen LogP contribution in [0, 0.1) is 5.82 Å². The number of aromatic nitrogens is 2. The van der Waals surface area contributed by atoms with Gasteiger partial charge >= 0.3 is 0 Å². The Morgan fingerprint density at radius 2 is 2.00 bits per heavy atom. The average molecular weight is 304 g/mol. The lowest BCUT2D eigenvalue weighted by Crippen LogP contribution is -2.08. The van der Waals surface area contributed by atoms with Crippen molar-refractivity contribution in [2.75, 3.05) is 5.32 Å². The third-order valence-corrected chi connectivity index (χ3v) is 3.73. The molecule has 3 nitrogen and oxygen atoms in total. The topological polar surface area (TPSA) is 29.9 Å². The molecule has 0 aliphatic carbocycles. The molecule has 2 aromatic carbocycles. The zero-order valence-corrected chi connectivity index (χ0v) is 12.4. The average Bonchev–Trinajstić information content (AvgIpc) is 2.86. The van der Waals surface area contributed by atoms with Gasteiger partial charge in [-0.05, 0) is 31.2 Å². The van der Waals surface area contributed by atoms with Gasteiger partial charge in [0.15, 0.2) is 5.82 Å². The molecule has 0 aliphatic heterocycles. The van der Waals surface area contributed by atoms with Crippen LogP contribution >= 0.6 is 11.6 Å². The van der Waals surface area contributed by atoms with E-state index in [1.807, 2.05) is 24.3 Å². The lowest BCUT2D eigenvalue weighted by Gasteiger charge is -2.10. The summed E-state index contributed by atoms with van der Waals surface area (Å²) in [7, 11) is 0. The molecule has 108 valence electrons. The number of nitrogens with zero attached hydrogens (tertiary/aromatic N) is 2. The first-order valence-electron chi connectivity index (χ1n) is 6.82. The summed E-state index contributed by atoms with van der Waals surface area (Å²) in [4.78, 5) is 4.60. The van der Waals surface area contributed by atoms with Crippen molar-refractivity contribution in [2.45, 2.75) is 20.0 Å². The van der Waals surface area contributed by atoms with E-state index >= 15 is 0 Å². The first-order valence-corrected chi connectivity index (χ1v) is 7.20. The molecule has 0 bridgehead atoms. The minimum absolute atomic E-state index is 0.115. The van der Waals surface area contributed by atoms with Crippen molar-refractivity contribution in [1.82, 2.24) is 9.55 Å². The number of para-hydroxylation sites is 2. The molecule has 3 aromatic rings. The largest absolute Gasteiger partial charge is 0.375 e. The maximum Gasteiger partial charge on any atom is 0.164 e. The number of anilines is 1. The van der Waals surface area contributed by atoms with Crippen molar-refractivity contribution < 1.29 is 4.39 Å². The van der Waals surface area contributed by atoms with Crippen LogP contribution in [0.3, 0.4) is 0 Å². The summed E-state index contributed by atoms with van der Waals surface area (Å²) in [6.07, 6.45) is 0. The standard InChI is InChI=1S/C16H15ClFN3/c1-2-21-14-9-4-3-7-12(14)20-15(21)10-19-13-8-5-6-11(17)16(13)18/h3-9,19H,2,10H2,1H3. The van der Waals surface area contributed by atoms with Crippen LogP contribution in [0.5, 0.6) is 0 Å². The van der Waals surface area contributed by atoms with Crippen LogP contribution in [-0.4, -0.2) is 9.55 Å². The number of benzene rings is 2.